The molecule has 5 nitrogen and oxygen atoms in total. The van der Waals surface area contributed by atoms with Gasteiger partial charge in [-0.15, -0.1) is 0 Å². The molecule has 1 atom stereocenters. The van der Waals surface area contributed by atoms with E-state index in [-0.39, 0.29) is 18.3 Å². The van der Waals surface area contributed by atoms with Gasteiger partial charge < -0.3 is 20.8 Å². The van der Waals surface area contributed by atoms with Gasteiger partial charge in [-0.25, -0.2) is 4.79 Å². The van der Waals surface area contributed by atoms with E-state index in [1.807, 2.05) is 0 Å². The van der Waals surface area contributed by atoms with Crippen molar-refractivity contribution in [3.63, 3.8) is 0 Å². The van der Waals surface area contributed by atoms with E-state index >= 15 is 0 Å². The summed E-state index contributed by atoms with van der Waals surface area (Å²) in [7, 11) is 0. The second-order valence-corrected chi connectivity index (χ2v) is 3.58. The number of amides is 2. The van der Waals surface area contributed by atoms with Gasteiger partial charge in [-0.1, -0.05) is 12.1 Å². The van der Waals surface area contributed by atoms with Crippen LogP contribution in [0.15, 0.2) is 24.3 Å². The highest BCUT2D eigenvalue weighted by atomic mass is 16.3. The zero-order chi connectivity index (χ0) is 12.0. The predicted octanol–water partition coefficient (Wildman–Crippen LogP) is 0.572. The molecule has 16 heavy (non-hydrogen) atoms. The molecule has 1 aromatic rings. The zero-order valence-corrected chi connectivity index (χ0v) is 9.10. The Labute approximate surface area is 94.1 Å². The number of benzene rings is 1. The fraction of sp³-hybridized carbons (Fsp3) is 0.364. The summed E-state index contributed by atoms with van der Waals surface area (Å²) < 4.78 is 0. The number of carbonyl (C=O) groups excluding carboxylic acids is 1. The molecule has 0 saturated heterocycles. The number of phenolic OH excluding ortho intramolecular Hbond substituents is 1. The van der Waals surface area contributed by atoms with Crippen molar-refractivity contribution in [1.82, 2.24) is 10.6 Å². The molecule has 88 valence electrons. The van der Waals surface area contributed by atoms with E-state index in [1.165, 1.54) is 0 Å². The Balaban J connectivity index is 2.29. The van der Waals surface area contributed by atoms with Crippen molar-refractivity contribution in [3.05, 3.63) is 29.8 Å². The zero-order valence-electron chi connectivity index (χ0n) is 9.10. The second-order valence-electron chi connectivity index (χ2n) is 3.58. The van der Waals surface area contributed by atoms with Gasteiger partial charge >= 0.3 is 6.03 Å². The molecule has 4 N–H and O–H groups in total. The van der Waals surface area contributed by atoms with E-state index in [0.717, 1.165) is 5.56 Å². The lowest BCUT2D eigenvalue weighted by molar-refractivity contribution is 0.187. The topological polar surface area (TPSA) is 81.6 Å². The fourth-order valence-corrected chi connectivity index (χ4v) is 1.10. The van der Waals surface area contributed by atoms with Gasteiger partial charge in [0.15, 0.2) is 0 Å². The lowest BCUT2D eigenvalue weighted by Gasteiger charge is -2.08. The largest absolute Gasteiger partial charge is 0.508 e. The first-order valence-corrected chi connectivity index (χ1v) is 5.05. The minimum absolute atomic E-state index is 0.197. The van der Waals surface area contributed by atoms with E-state index in [0.29, 0.717) is 6.54 Å². The molecule has 0 aromatic heterocycles. The second kappa shape index (κ2) is 5.97. The average Bonchev–Trinajstić information content (AvgIpc) is 2.25. The minimum Gasteiger partial charge on any atom is -0.508 e. The number of aromatic hydroxyl groups is 1. The molecule has 5 heteroatoms. The van der Waals surface area contributed by atoms with E-state index in [9.17, 15) is 4.79 Å². The summed E-state index contributed by atoms with van der Waals surface area (Å²) in [5.74, 6) is 0.197. The highest BCUT2D eigenvalue weighted by Gasteiger charge is 2.01. The number of aliphatic hydroxyl groups is 1. The van der Waals surface area contributed by atoms with Crippen LogP contribution >= 0.6 is 0 Å². The molecular formula is C11H16N2O3. The van der Waals surface area contributed by atoms with Crippen LogP contribution in [0, 0.1) is 0 Å². The maximum Gasteiger partial charge on any atom is 0.315 e. The number of nitrogens with one attached hydrogen (secondary N) is 2. The van der Waals surface area contributed by atoms with Gasteiger partial charge in [0, 0.05) is 13.1 Å². The SMILES string of the molecule is CC(O)CNC(=O)NCc1ccc(O)cc1. The van der Waals surface area contributed by atoms with Gasteiger partial charge in [0.25, 0.3) is 0 Å². The highest BCUT2D eigenvalue weighted by molar-refractivity contribution is 5.73. The summed E-state index contributed by atoms with van der Waals surface area (Å²) >= 11 is 0. The standard InChI is InChI=1S/C11H16N2O3/c1-8(14)6-12-11(16)13-7-9-2-4-10(15)5-3-9/h2-5,8,14-15H,6-7H2,1H3,(H2,12,13,16). The molecule has 2 amide bonds. The molecule has 1 unspecified atom stereocenters. The molecular weight excluding hydrogens is 208 g/mol. The predicted molar refractivity (Wildman–Crippen MR) is 60.0 cm³/mol. The van der Waals surface area contributed by atoms with Gasteiger partial charge in [-0.05, 0) is 24.6 Å². The summed E-state index contributed by atoms with van der Waals surface area (Å²) in [5, 5.41) is 23.1. The third-order valence-electron chi connectivity index (χ3n) is 1.95. The van der Waals surface area contributed by atoms with E-state index < -0.39 is 6.10 Å². The van der Waals surface area contributed by atoms with Gasteiger partial charge in [-0.2, -0.15) is 0 Å². The van der Waals surface area contributed by atoms with E-state index in [4.69, 9.17) is 10.2 Å². The van der Waals surface area contributed by atoms with Crippen molar-refractivity contribution in [2.75, 3.05) is 6.54 Å². The number of phenols is 1. The summed E-state index contributed by atoms with van der Waals surface area (Å²) in [6.07, 6.45) is -0.556. The number of hydrogen-bond acceptors (Lipinski definition) is 3. The summed E-state index contributed by atoms with van der Waals surface area (Å²) in [6, 6.07) is 6.25. The molecule has 0 heterocycles. The molecule has 0 aliphatic carbocycles. The van der Waals surface area contributed by atoms with Crippen LogP contribution in [-0.2, 0) is 6.54 Å². The molecule has 0 bridgehead atoms. The Kier molecular flexibility index (Phi) is 4.60. The summed E-state index contributed by atoms with van der Waals surface area (Å²) in [4.78, 5) is 11.2. The normalized spacial score (nSPS) is 11.9. The van der Waals surface area contributed by atoms with Crippen LogP contribution < -0.4 is 10.6 Å². The first-order chi connectivity index (χ1) is 7.58. The van der Waals surface area contributed by atoms with Crippen molar-refractivity contribution in [2.45, 2.75) is 19.6 Å². The third kappa shape index (κ3) is 4.65. The van der Waals surface area contributed by atoms with Crippen molar-refractivity contribution < 1.29 is 15.0 Å². The average molecular weight is 224 g/mol. The van der Waals surface area contributed by atoms with Gasteiger partial charge in [0.2, 0.25) is 0 Å². The molecule has 1 rings (SSSR count). The number of carbonyl (C=O) groups is 1. The van der Waals surface area contributed by atoms with Gasteiger partial charge in [0.1, 0.15) is 5.75 Å². The Hall–Kier alpha value is -1.75. The van der Waals surface area contributed by atoms with Crippen molar-refractivity contribution in [1.29, 1.82) is 0 Å². The Bertz CT molecular complexity index is 336. The van der Waals surface area contributed by atoms with Crippen LogP contribution in [-0.4, -0.2) is 28.9 Å². The Morgan fingerprint density at radius 1 is 1.31 bits per heavy atom. The maximum atomic E-state index is 11.2. The van der Waals surface area contributed by atoms with E-state index in [2.05, 4.69) is 10.6 Å². The quantitative estimate of drug-likeness (QED) is 0.603. The van der Waals surface area contributed by atoms with Gasteiger partial charge in [-0.3, -0.25) is 0 Å². The number of aliphatic hydroxyl groups excluding tert-OH is 1. The number of urea groups is 1. The molecule has 0 aliphatic heterocycles. The molecule has 0 aliphatic rings. The Morgan fingerprint density at radius 3 is 2.50 bits per heavy atom. The fourth-order valence-electron chi connectivity index (χ4n) is 1.10. The van der Waals surface area contributed by atoms with Gasteiger partial charge in [0.05, 0.1) is 6.10 Å². The van der Waals surface area contributed by atoms with Crippen LogP contribution in [0.3, 0.4) is 0 Å². The lowest BCUT2D eigenvalue weighted by Crippen LogP contribution is -2.38. The minimum atomic E-state index is -0.556. The smallest absolute Gasteiger partial charge is 0.315 e. The monoisotopic (exact) mass is 224 g/mol. The highest BCUT2D eigenvalue weighted by Crippen LogP contribution is 2.08. The summed E-state index contributed by atoms with van der Waals surface area (Å²) in [6.45, 7) is 2.20. The van der Waals surface area contributed by atoms with Crippen molar-refractivity contribution in [2.24, 2.45) is 0 Å². The molecule has 1 aromatic carbocycles. The first-order valence-electron chi connectivity index (χ1n) is 5.05. The van der Waals surface area contributed by atoms with Crippen LogP contribution in [0.1, 0.15) is 12.5 Å². The lowest BCUT2D eigenvalue weighted by atomic mass is 10.2. The maximum absolute atomic E-state index is 11.2. The van der Waals surface area contributed by atoms with Crippen molar-refractivity contribution >= 4 is 6.03 Å². The van der Waals surface area contributed by atoms with E-state index in [1.54, 1.807) is 31.2 Å². The molecule has 0 spiro atoms. The molecule has 0 fully saturated rings. The third-order valence-corrected chi connectivity index (χ3v) is 1.95. The van der Waals surface area contributed by atoms with Crippen LogP contribution in [0.4, 0.5) is 4.79 Å². The number of rotatable bonds is 4. The number of hydrogen-bond donors (Lipinski definition) is 4. The van der Waals surface area contributed by atoms with Crippen LogP contribution in [0.2, 0.25) is 0 Å². The molecule has 0 saturated carbocycles. The summed E-state index contributed by atoms with van der Waals surface area (Å²) in [5.41, 5.74) is 0.894. The Morgan fingerprint density at radius 2 is 1.94 bits per heavy atom. The van der Waals surface area contributed by atoms with Crippen LogP contribution in [0.5, 0.6) is 5.75 Å². The molecule has 0 radical (unpaired) electrons. The van der Waals surface area contributed by atoms with Crippen molar-refractivity contribution in [3.8, 4) is 5.75 Å². The van der Waals surface area contributed by atoms with Crippen LogP contribution in [0.25, 0.3) is 0 Å². The first kappa shape index (κ1) is 12.3.